The summed E-state index contributed by atoms with van der Waals surface area (Å²) in [6.07, 6.45) is 4.66. The van der Waals surface area contributed by atoms with Gasteiger partial charge in [0.25, 0.3) is 0 Å². The number of halogens is 4. The zero-order valence-corrected chi connectivity index (χ0v) is 35.5. The molecule has 8 nitrogen and oxygen atoms in total. The van der Waals surface area contributed by atoms with Gasteiger partial charge < -0.3 is 9.80 Å². The summed E-state index contributed by atoms with van der Waals surface area (Å²) < 4.78 is 37.5. The van der Waals surface area contributed by atoms with Crippen molar-refractivity contribution in [3.63, 3.8) is 0 Å². The zero-order chi connectivity index (χ0) is 39.5. The fourth-order valence-corrected chi connectivity index (χ4v) is 11.0. The van der Waals surface area contributed by atoms with Crippen molar-refractivity contribution in [3.05, 3.63) is 126 Å². The third kappa shape index (κ3) is 9.11. The van der Waals surface area contributed by atoms with Crippen LogP contribution in [0.1, 0.15) is 66.2 Å². The lowest BCUT2D eigenvalue weighted by atomic mass is 9.93. The highest BCUT2D eigenvalue weighted by atomic mass is 35.5. The predicted octanol–water partition coefficient (Wildman–Crippen LogP) is 9.88. The van der Waals surface area contributed by atoms with Gasteiger partial charge in [-0.25, -0.2) is 17.6 Å². The van der Waals surface area contributed by atoms with Crippen LogP contribution in [0.25, 0.3) is 0 Å². The van der Waals surface area contributed by atoms with E-state index in [-0.39, 0.29) is 36.7 Å². The molecule has 4 atom stereocenters. The average molecular weight is 851 g/mol. The van der Waals surface area contributed by atoms with Crippen LogP contribution in [0.2, 0.25) is 20.1 Å². The average Bonchev–Trinajstić information content (AvgIpc) is 3.11. The van der Waals surface area contributed by atoms with Crippen molar-refractivity contribution >= 4 is 77.7 Å². The standard InChI is InChI=1S/C21H24Cl2N2O2S.C19H20Cl2N2O2S/c1-4-24-28(3,27)20-10-5-7-15-14(2)25(12-11-16(15)20)21(26)13-17-18(22)8-6-9-19(17)23;1-12-13-5-3-8-18(26(2,22)25)14(13)9-10-23(12)19(24)11-15-16(20)6-4-7-17(15)21/h5-10,14H,4,11-13H2,1-3H3;3-8,12,22H,9-11H2,1-2H3/t14-,28?;12-,26?/m00/s1. The monoisotopic (exact) mass is 848 g/mol. The minimum atomic E-state index is -2.80. The molecule has 14 heteroatoms. The second-order valence-corrected chi connectivity index (χ2v) is 19.6. The van der Waals surface area contributed by atoms with E-state index in [9.17, 15) is 18.0 Å². The normalized spacial score (nSPS) is 18.6. The Bertz CT molecular complexity index is 2290. The molecule has 6 rings (SSSR count). The summed E-state index contributed by atoms with van der Waals surface area (Å²) in [7, 11) is -5.24. The Kier molecular flexibility index (Phi) is 13.5. The van der Waals surface area contributed by atoms with Gasteiger partial charge in [-0.1, -0.05) is 82.8 Å². The molecule has 0 fully saturated rings. The first-order chi connectivity index (χ1) is 25.5. The second kappa shape index (κ2) is 17.3. The van der Waals surface area contributed by atoms with E-state index >= 15 is 0 Å². The number of rotatable bonds is 7. The van der Waals surface area contributed by atoms with Gasteiger partial charge in [-0.2, -0.15) is 0 Å². The Balaban J connectivity index is 0.000000208. The first kappa shape index (κ1) is 42.0. The number of nitrogens with zero attached hydrogens (tertiary/aromatic N) is 3. The summed E-state index contributed by atoms with van der Waals surface area (Å²) >= 11 is 24.9. The summed E-state index contributed by atoms with van der Waals surface area (Å²) in [5.74, 6) is -0.0688. The molecule has 2 aliphatic heterocycles. The van der Waals surface area contributed by atoms with Crippen molar-refractivity contribution < 1.29 is 18.0 Å². The van der Waals surface area contributed by atoms with Crippen LogP contribution >= 0.6 is 46.4 Å². The number of carbonyl (C=O) groups is 2. The molecule has 0 spiro atoms. The van der Waals surface area contributed by atoms with E-state index < -0.39 is 19.5 Å². The molecular formula is C40H44Cl4N4O4S2. The van der Waals surface area contributed by atoms with Gasteiger partial charge in [0.2, 0.25) is 11.8 Å². The van der Waals surface area contributed by atoms with Crippen molar-refractivity contribution in [2.75, 3.05) is 32.1 Å². The molecule has 2 aliphatic rings. The van der Waals surface area contributed by atoms with E-state index in [1.165, 1.54) is 6.26 Å². The Hall–Kier alpha value is -3.12. The lowest BCUT2D eigenvalue weighted by molar-refractivity contribution is -0.133. The summed E-state index contributed by atoms with van der Waals surface area (Å²) in [5.41, 5.74) is 5.26. The van der Waals surface area contributed by atoms with Gasteiger partial charge in [-0.05, 0) is 103 Å². The van der Waals surface area contributed by atoms with Crippen LogP contribution in [-0.2, 0) is 54.7 Å². The number of benzene rings is 4. The maximum Gasteiger partial charge on any atom is 0.227 e. The molecule has 2 heterocycles. The summed E-state index contributed by atoms with van der Waals surface area (Å²) in [6, 6.07) is 21.5. The Morgan fingerprint density at radius 2 is 1.06 bits per heavy atom. The zero-order valence-electron chi connectivity index (χ0n) is 30.8. The van der Waals surface area contributed by atoms with E-state index in [0.29, 0.717) is 68.6 Å². The number of hydrogen-bond donors (Lipinski definition) is 1. The number of nitrogens with one attached hydrogen (secondary N) is 1. The molecule has 0 aromatic heterocycles. The molecule has 0 bridgehead atoms. The first-order valence-corrected chi connectivity index (χ1v) is 23.0. The maximum atomic E-state index is 13.0. The van der Waals surface area contributed by atoms with E-state index in [4.69, 9.17) is 51.2 Å². The predicted molar refractivity (Wildman–Crippen MR) is 221 cm³/mol. The molecule has 0 saturated heterocycles. The van der Waals surface area contributed by atoms with Gasteiger partial charge in [0.05, 0.1) is 54.2 Å². The number of amides is 2. The molecule has 2 amide bonds. The molecule has 0 aliphatic carbocycles. The van der Waals surface area contributed by atoms with Crippen LogP contribution < -0.4 is 0 Å². The molecule has 288 valence electrons. The summed E-state index contributed by atoms with van der Waals surface area (Å²) in [5, 5.41) is 1.97. The SMILES string of the molecule is CCN=S(C)(=O)c1cccc2c1CCN(C(=O)Cc1c(Cl)cccc1Cl)[C@H]2C.C[C@H]1c2cccc(S(C)(=N)=O)c2CCN1C(=O)Cc1c(Cl)cccc1Cl. The summed E-state index contributed by atoms with van der Waals surface area (Å²) in [4.78, 5) is 30.9. The van der Waals surface area contributed by atoms with Crippen LogP contribution in [-0.4, -0.2) is 62.2 Å². The molecule has 0 saturated carbocycles. The third-order valence-electron chi connectivity index (χ3n) is 10.0. The Morgan fingerprint density at radius 1 is 0.685 bits per heavy atom. The molecule has 54 heavy (non-hydrogen) atoms. The van der Waals surface area contributed by atoms with Gasteiger partial charge in [-0.3, -0.25) is 9.59 Å². The highest BCUT2D eigenvalue weighted by molar-refractivity contribution is 7.93. The Morgan fingerprint density at radius 3 is 1.44 bits per heavy atom. The topological polar surface area (TPSA) is 111 Å². The van der Waals surface area contributed by atoms with Gasteiger partial charge in [-0.15, -0.1) is 0 Å². The lowest BCUT2D eigenvalue weighted by Crippen LogP contribution is -2.40. The van der Waals surface area contributed by atoms with Crippen LogP contribution in [0.3, 0.4) is 0 Å². The van der Waals surface area contributed by atoms with Crippen molar-refractivity contribution in [2.45, 2.75) is 68.3 Å². The molecular weight excluding hydrogens is 806 g/mol. The van der Waals surface area contributed by atoms with Crippen LogP contribution in [0.15, 0.2) is 87.0 Å². The van der Waals surface area contributed by atoms with E-state index in [1.807, 2.05) is 49.9 Å². The van der Waals surface area contributed by atoms with Gasteiger partial charge >= 0.3 is 0 Å². The van der Waals surface area contributed by atoms with Gasteiger partial charge in [0.15, 0.2) is 0 Å². The Labute approximate surface area is 339 Å². The third-order valence-corrected chi connectivity index (χ3v) is 14.6. The maximum absolute atomic E-state index is 13.0. The smallest absolute Gasteiger partial charge is 0.227 e. The summed E-state index contributed by atoms with van der Waals surface area (Å²) in [6.45, 7) is 7.44. The van der Waals surface area contributed by atoms with Crippen molar-refractivity contribution in [1.82, 2.24) is 9.80 Å². The molecule has 2 unspecified atom stereocenters. The fourth-order valence-electron chi connectivity index (χ4n) is 7.30. The highest BCUT2D eigenvalue weighted by Gasteiger charge is 2.32. The van der Waals surface area contributed by atoms with E-state index in [2.05, 4.69) is 4.36 Å². The molecule has 4 aromatic carbocycles. The van der Waals surface area contributed by atoms with Crippen LogP contribution in [0, 0.1) is 4.78 Å². The van der Waals surface area contributed by atoms with E-state index in [1.54, 1.807) is 59.7 Å². The first-order valence-electron chi connectivity index (χ1n) is 17.6. The van der Waals surface area contributed by atoms with Crippen molar-refractivity contribution in [3.8, 4) is 0 Å². The van der Waals surface area contributed by atoms with Crippen molar-refractivity contribution in [2.24, 2.45) is 4.36 Å². The minimum absolute atomic E-state index is 0.0194. The van der Waals surface area contributed by atoms with Crippen LogP contribution in [0.5, 0.6) is 0 Å². The molecule has 4 aromatic rings. The van der Waals surface area contributed by atoms with Crippen LogP contribution in [0.4, 0.5) is 0 Å². The van der Waals surface area contributed by atoms with Gasteiger partial charge in [0.1, 0.15) is 0 Å². The number of carbonyl (C=O) groups excluding carboxylic acids is 2. The quantitative estimate of drug-likeness (QED) is 0.200. The van der Waals surface area contributed by atoms with Gasteiger partial charge in [0, 0.05) is 52.2 Å². The van der Waals surface area contributed by atoms with Crippen molar-refractivity contribution in [1.29, 1.82) is 4.78 Å². The number of hydrogen-bond acceptors (Lipinski definition) is 6. The molecule has 0 radical (unpaired) electrons. The lowest BCUT2D eigenvalue weighted by Gasteiger charge is -2.36. The number of fused-ring (bicyclic) bond motifs is 2. The molecule has 1 N–H and O–H groups in total. The van der Waals surface area contributed by atoms with E-state index in [0.717, 1.165) is 27.1 Å². The highest BCUT2D eigenvalue weighted by Crippen LogP contribution is 2.36. The minimum Gasteiger partial charge on any atom is -0.335 e. The largest absolute Gasteiger partial charge is 0.335 e. The second-order valence-electron chi connectivity index (χ2n) is 13.5. The fraction of sp³-hybridized carbons (Fsp3) is 0.350.